The number of nitrogens with zero attached hydrogens (tertiary/aromatic N) is 3. The molecule has 42 heavy (non-hydrogen) atoms. The van der Waals surface area contributed by atoms with E-state index in [1.807, 2.05) is 36.4 Å². The maximum Gasteiger partial charge on any atom is 0.164 e. The van der Waals surface area contributed by atoms with Crippen LogP contribution in [0.2, 0.25) is 0 Å². The molecular weight excluding hydrogens is 510 g/mol. The van der Waals surface area contributed by atoms with E-state index in [4.69, 9.17) is 15.0 Å². The lowest BCUT2D eigenvalue weighted by Gasteiger charge is -2.25. The van der Waals surface area contributed by atoms with E-state index in [2.05, 4.69) is 92.7 Å². The molecule has 2 aliphatic rings. The molecule has 0 unspecified atom stereocenters. The van der Waals surface area contributed by atoms with E-state index in [0.29, 0.717) is 17.5 Å². The number of fused-ring (bicyclic) bond motifs is 6. The van der Waals surface area contributed by atoms with E-state index >= 15 is 0 Å². The molecule has 1 aromatic heterocycles. The standard InChI is InChI=1S/C39H31N3/c1-39(2)34-23-28-19-11-18-25-13-9-10-20-29(25)32(28)24-33(34)30-21-12-22-31(35(30)39)38-41-36(26-14-5-3-6-15-26)40-37(42-38)27-16-7-4-8-17-27/h3-10,12-17,20-24H,11,18-19H2,1-2H3. The SMILES string of the molecule is CC1(C)c2cc3c(cc2-c2cccc(-c4nc(-c5ccccc5)nc(-c5ccccc5)n4)c21)-c1ccccc1CCC3. The number of hydrogen-bond donors (Lipinski definition) is 0. The highest BCUT2D eigenvalue weighted by atomic mass is 15.0. The molecule has 0 fully saturated rings. The molecule has 3 heteroatoms. The van der Waals surface area contributed by atoms with Crippen LogP contribution in [-0.2, 0) is 18.3 Å². The summed E-state index contributed by atoms with van der Waals surface area (Å²) in [5.74, 6) is 2.09. The van der Waals surface area contributed by atoms with Gasteiger partial charge in [-0.2, -0.15) is 0 Å². The Hall–Kier alpha value is -4.89. The first-order chi connectivity index (χ1) is 20.6. The fraction of sp³-hybridized carbons (Fsp3) is 0.154. The smallest absolute Gasteiger partial charge is 0.164 e. The summed E-state index contributed by atoms with van der Waals surface area (Å²) < 4.78 is 0. The molecule has 0 saturated heterocycles. The van der Waals surface area contributed by atoms with Gasteiger partial charge in [-0.05, 0) is 69.8 Å². The van der Waals surface area contributed by atoms with Crippen LogP contribution in [-0.4, -0.2) is 15.0 Å². The third-order valence-corrected chi connectivity index (χ3v) is 9.04. The maximum atomic E-state index is 5.10. The van der Waals surface area contributed by atoms with Crippen LogP contribution in [0.4, 0.5) is 0 Å². The van der Waals surface area contributed by atoms with Crippen molar-refractivity contribution in [3.63, 3.8) is 0 Å². The lowest BCUT2D eigenvalue weighted by Crippen LogP contribution is -2.17. The predicted octanol–water partition coefficient (Wildman–Crippen LogP) is 9.33. The molecule has 0 saturated carbocycles. The average molecular weight is 542 g/mol. The van der Waals surface area contributed by atoms with E-state index in [0.717, 1.165) is 29.5 Å². The van der Waals surface area contributed by atoms with Gasteiger partial charge in [0.15, 0.2) is 17.5 Å². The van der Waals surface area contributed by atoms with Gasteiger partial charge in [0.25, 0.3) is 0 Å². The summed E-state index contributed by atoms with van der Waals surface area (Å²) in [4.78, 5) is 15.1. The van der Waals surface area contributed by atoms with Crippen LogP contribution >= 0.6 is 0 Å². The second-order valence-corrected chi connectivity index (χ2v) is 12.0. The van der Waals surface area contributed by atoms with Gasteiger partial charge in [-0.3, -0.25) is 0 Å². The molecule has 0 amide bonds. The summed E-state index contributed by atoms with van der Waals surface area (Å²) in [6.07, 6.45) is 3.41. The van der Waals surface area contributed by atoms with Gasteiger partial charge in [0.05, 0.1) is 0 Å². The Morgan fingerprint density at radius 2 is 1.05 bits per heavy atom. The fourth-order valence-electron chi connectivity index (χ4n) is 7.01. The second-order valence-electron chi connectivity index (χ2n) is 12.0. The highest BCUT2D eigenvalue weighted by molar-refractivity contribution is 5.90. The lowest BCUT2D eigenvalue weighted by molar-refractivity contribution is 0.659. The summed E-state index contributed by atoms with van der Waals surface area (Å²) in [7, 11) is 0. The molecule has 0 atom stereocenters. The first-order valence-corrected chi connectivity index (χ1v) is 14.8. The summed E-state index contributed by atoms with van der Waals surface area (Å²) in [6.45, 7) is 4.71. The van der Waals surface area contributed by atoms with Gasteiger partial charge in [0.2, 0.25) is 0 Å². The molecule has 5 aromatic carbocycles. The summed E-state index contributed by atoms with van der Waals surface area (Å²) in [5, 5.41) is 0. The summed E-state index contributed by atoms with van der Waals surface area (Å²) in [6, 6.07) is 40.9. The molecule has 202 valence electrons. The van der Waals surface area contributed by atoms with Crippen molar-refractivity contribution in [2.75, 3.05) is 0 Å². The van der Waals surface area contributed by atoms with Crippen molar-refractivity contribution < 1.29 is 0 Å². The Morgan fingerprint density at radius 1 is 0.476 bits per heavy atom. The molecule has 1 heterocycles. The van der Waals surface area contributed by atoms with Gasteiger partial charge < -0.3 is 0 Å². The molecule has 6 aromatic rings. The van der Waals surface area contributed by atoms with Gasteiger partial charge >= 0.3 is 0 Å². The minimum absolute atomic E-state index is 0.200. The molecule has 0 bridgehead atoms. The average Bonchev–Trinajstić information content (AvgIpc) is 3.15. The first-order valence-electron chi connectivity index (χ1n) is 14.8. The van der Waals surface area contributed by atoms with Crippen molar-refractivity contribution in [2.24, 2.45) is 0 Å². The van der Waals surface area contributed by atoms with Gasteiger partial charge in [0.1, 0.15) is 0 Å². The molecule has 3 nitrogen and oxygen atoms in total. The Labute approximate surface area is 247 Å². The number of aromatic nitrogens is 3. The number of aryl methyl sites for hydroxylation is 2. The topological polar surface area (TPSA) is 38.7 Å². The minimum atomic E-state index is -0.200. The van der Waals surface area contributed by atoms with Crippen LogP contribution in [0.1, 0.15) is 42.5 Å². The van der Waals surface area contributed by atoms with E-state index in [1.54, 1.807) is 0 Å². The van der Waals surface area contributed by atoms with Crippen molar-refractivity contribution in [1.29, 1.82) is 0 Å². The minimum Gasteiger partial charge on any atom is -0.208 e. The fourth-order valence-corrected chi connectivity index (χ4v) is 7.01. The molecule has 0 spiro atoms. The number of rotatable bonds is 3. The largest absolute Gasteiger partial charge is 0.208 e. The van der Waals surface area contributed by atoms with E-state index in [1.165, 1.54) is 50.9 Å². The van der Waals surface area contributed by atoms with Gasteiger partial charge in [-0.15, -0.1) is 0 Å². The van der Waals surface area contributed by atoms with E-state index in [9.17, 15) is 0 Å². The molecule has 0 aliphatic heterocycles. The zero-order valence-electron chi connectivity index (χ0n) is 23.9. The van der Waals surface area contributed by atoms with Crippen LogP contribution in [0, 0.1) is 0 Å². The Bertz CT molecular complexity index is 1920. The first kappa shape index (κ1) is 24.9. The van der Waals surface area contributed by atoms with Gasteiger partial charge in [-0.1, -0.05) is 123 Å². The van der Waals surface area contributed by atoms with Gasteiger partial charge in [-0.25, -0.2) is 15.0 Å². The zero-order valence-corrected chi connectivity index (χ0v) is 23.9. The summed E-state index contributed by atoms with van der Waals surface area (Å²) in [5.41, 5.74) is 13.8. The summed E-state index contributed by atoms with van der Waals surface area (Å²) >= 11 is 0. The zero-order chi connectivity index (χ0) is 28.3. The van der Waals surface area contributed by atoms with Gasteiger partial charge in [0, 0.05) is 22.1 Å². The van der Waals surface area contributed by atoms with Crippen molar-refractivity contribution in [3.8, 4) is 56.4 Å². The third-order valence-electron chi connectivity index (χ3n) is 9.04. The van der Waals surface area contributed by atoms with Crippen molar-refractivity contribution in [3.05, 3.63) is 138 Å². The van der Waals surface area contributed by atoms with Crippen molar-refractivity contribution in [2.45, 2.75) is 38.5 Å². The predicted molar refractivity (Wildman–Crippen MR) is 171 cm³/mol. The van der Waals surface area contributed by atoms with Crippen molar-refractivity contribution >= 4 is 0 Å². The molecule has 2 aliphatic carbocycles. The molecular formula is C39H31N3. The maximum absolute atomic E-state index is 5.10. The Balaban J connectivity index is 1.35. The highest BCUT2D eigenvalue weighted by Crippen LogP contribution is 2.53. The molecule has 8 rings (SSSR count). The van der Waals surface area contributed by atoms with Crippen LogP contribution in [0.3, 0.4) is 0 Å². The van der Waals surface area contributed by atoms with Crippen LogP contribution in [0.25, 0.3) is 56.4 Å². The normalized spacial score (nSPS) is 14.3. The number of benzene rings is 5. The third kappa shape index (κ3) is 3.92. The molecule has 0 N–H and O–H groups in total. The van der Waals surface area contributed by atoms with Crippen LogP contribution < -0.4 is 0 Å². The van der Waals surface area contributed by atoms with Crippen LogP contribution in [0.5, 0.6) is 0 Å². The van der Waals surface area contributed by atoms with Crippen LogP contribution in [0.15, 0.2) is 115 Å². The second kappa shape index (κ2) is 9.60. The Morgan fingerprint density at radius 3 is 1.76 bits per heavy atom. The highest BCUT2D eigenvalue weighted by Gasteiger charge is 2.39. The molecule has 0 radical (unpaired) electrons. The number of hydrogen-bond acceptors (Lipinski definition) is 3. The van der Waals surface area contributed by atoms with Crippen molar-refractivity contribution in [1.82, 2.24) is 15.0 Å². The van der Waals surface area contributed by atoms with E-state index in [-0.39, 0.29) is 5.41 Å². The lowest BCUT2D eigenvalue weighted by atomic mass is 9.79. The van der Waals surface area contributed by atoms with E-state index < -0.39 is 0 Å². The Kier molecular flexibility index (Phi) is 5.68. The monoisotopic (exact) mass is 541 g/mol. The quantitative estimate of drug-likeness (QED) is 0.224.